The maximum atomic E-state index is 12.5. The minimum Gasteiger partial charge on any atom is -0.206 e. The van der Waals surface area contributed by atoms with Crippen molar-refractivity contribution in [3.8, 4) is 0 Å². The molecule has 0 aliphatic carbocycles. The number of thiophene rings is 1. The van der Waals surface area contributed by atoms with Gasteiger partial charge in [0.05, 0.1) is 14.3 Å². The molecular weight excluding hydrogens is 462 g/mol. The van der Waals surface area contributed by atoms with Crippen molar-refractivity contribution in [1.29, 1.82) is 0 Å². The van der Waals surface area contributed by atoms with Gasteiger partial charge < -0.3 is 0 Å². The highest BCUT2D eigenvalue weighted by Gasteiger charge is 2.32. The highest BCUT2D eigenvalue weighted by molar-refractivity contribution is 9.11. The van der Waals surface area contributed by atoms with Gasteiger partial charge in [-0.15, -0.1) is 11.3 Å². The van der Waals surface area contributed by atoms with Crippen molar-refractivity contribution in [3.63, 3.8) is 0 Å². The van der Waals surface area contributed by atoms with E-state index in [1.54, 1.807) is 0 Å². The zero-order valence-corrected chi connectivity index (χ0v) is 16.5. The van der Waals surface area contributed by atoms with Crippen LogP contribution < -0.4 is 4.72 Å². The number of rotatable bonds is 5. The van der Waals surface area contributed by atoms with Crippen LogP contribution in [0.3, 0.4) is 0 Å². The molecule has 1 N–H and O–H groups in total. The Morgan fingerprint density at radius 3 is 2.43 bits per heavy atom. The summed E-state index contributed by atoms with van der Waals surface area (Å²) >= 11 is 13.6. The van der Waals surface area contributed by atoms with Crippen LogP contribution in [0.4, 0.5) is 0 Å². The molecule has 21 heavy (non-hydrogen) atoms. The lowest BCUT2D eigenvalue weighted by atomic mass is 9.96. The normalized spacial score (nSPS) is 14.9. The van der Waals surface area contributed by atoms with Gasteiger partial charge in [0.15, 0.2) is 0 Å². The van der Waals surface area contributed by atoms with Crippen LogP contribution in [0.5, 0.6) is 0 Å². The number of sulfonamides is 1. The van der Waals surface area contributed by atoms with Gasteiger partial charge in [0.1, 0.15) is 4.21 Å². The Morgan fingerprint density at radius 1 is 1.33 bits per heavy atom. The van der Waals surface area contributed by atoms with Crippen molar-refractivity contribution in [1.82, 2.24) is 4.72 Å². The molecule has 0 spiro atoms. The van der Waals surface area contributed by atoms with E-state index in [-0.39, 0.29) is 4.21 Å². The summed E-state index contributed by atoms with van der Waals surface area (Å²) in [6.07, 6.45) is 0. The van der Waals surface area contributed by atoms with E-state index in [2.05, 4.69) is 36.6 Å². The van der Waals surface area contributed by atoms with Gasteiger partial charge in [-0.2, -0.15) is 4.72 Å². The SMILES string of the molecule is CC(CBr)(NS(=O)(=O)c1cc(Cl)c(Br)s1)c1ccccc1. The number of benzene rings is 1. The average molecular weight is 474 g/mol. The molecule has 0 saturated carbocycles. The minimum atomic E-state index is -3.66. The van der Waals surface area contributed by atoms with E-state index in [9.17, 15) is 8.42 Å². The predicted molar refractivity (Wildman–Crippen MR) is 94.9 cm³/mol. The van der Waals surface area contributed by atoms with Gasteiger partial charge in [-0.25, -0.2) is 8.42 Å². The van der Waals surface area contributed by atoms with E-state index in [1.807, 2.05) is 37.3 Å². The largest absolute Gasteiger partial charge is 0.250 e. The topological polar surface area (TPSA) is 46.2 Å². The fourth-order valence-electron chi connectivity index (χ4n) is 1.78. The van der Waals surface area contributed by atoms with Crippen molar-refractivity contribution >= 4 is 64.8 Å². The fraction of sp³-hybridized carbons (Fsp3) is 0.231. The Kier molecular flexibility index (Phi) is 5.55. The number of alkyl halides is 1. The molecule has 0 aliphatic rings. The fourth-order valence-corrected chi connectivity index (χ4v) is 6.22. The van der Waals surface area contributed by atoms with Crippen molar-refractivity contribution < 1.29 is 8.42 Å². The summed E-state index contributed by atoms with van der Waals surface area (Å²) in [6, 6.07) is 10.9. The first-order chi connectivity index (χ1) is 9.78. The molecule has 1 unspecified atom stereocenters. The summed E-state index contributed by atoms with van der Waals surface area (Å²) in [5, 5.41) is 0.837. The van der Waals surface area contributed by atoms with Crippen molar-refractivity contribution in [2.45, 2.75) is 16.7 Å². The maximum absolute atomic E-state index is 12.5. The van der Waals surface area contributed by atoms with Crippen LogP contribution in [0.15, 0.2) is 44.4 Å². The quantitative estimate of drug-likeness (QED) is 0.637. The molecule has 1 atom stereocenters. The molecule has 0 amide bonds. The Labute approximate surface area is 150 Å². The third-order valence-electron chi connectivity index (χ3n) is 2.93. The third kappa shape index (κ3) is 3.89. The van der Waals surface area contributed by atoms with Crippen LogP contribution >= 0.6 is 54.8 Å². The van der Waals surface area contributed by atoms with Gasteiger partial charge in [0.25, 0.3) is 10.0 Å². The summed E-state index contributed by atoms with van der Waals surface area (Å²) in [4.78, 5) is 0. The molecule has 3 nitrogen and oxygen atoms in total. The van der Waals surface area contributed by atoms with E-state index >= 15 is 0 Å². The second-order valence-corrected chi connectivity index (χ2v) is 9.87. The lowest BCUT2D eigenvalue weighted by Crippen LogP contribution is -2.44. The smallest absolute Gasteiger partial charge is 0.206 e. The molecule has 1 heterocycles. The maximum Gasteiger partial charge on any atom is 0.250 e. The van der Waals surface area contributed by atoms with Crippen LogP contribution in [-0.4, -0.2) is 13.7 Å². The van der Waals surface area contributed by atoms with Crippen LogP contribution in [0.1, 0.15) is 12.5 Å². The molecular formula is C13H12Br2ClNO2S2. The van der Waals surface area contributed by atoms with E-state index in [1.165, 1.54) is 6.07 Å². The van der Waals surface area contributed by atoms with Crippen molar-refractivity contribution in [2.24, 2.45) is 0 Å². The van der Waals surface area contributed by atoms with E-state index < -0.39 is 15.6 Å². The number of halogens is 3. The van der Waals surface area contributed by atoms with Crippen molar-refractivity contribution in [3.05, 3.63) is 50.8 Å². The van der Waals surface area contributed by atoms with E-state index in [0.717, 1.165) is 16.9 Å². The summed E-state index contributed by atoms with van der Waals surface area (Å²) in [7, 11) is -3.66. The van der Waals surface area contributed by atoms with Crippen molar-refractivity contribution in [2.75, 3.05) is 5.33 Å². The number of hydrogen-bond acceptors (Lipinski definition) is 3. The van der Waals surface area contributed by atoms with Crippen LogP contribution in [0.2, 0.25) is 5.02 Å². The van der Waals surface area contributed by atoms with Gasteiger partial charge in [-0.05, 0) is 34.5 Å². The van der Waals surface area contributed by atoms with Gasteiger partial charge in [0, 0.05) is 5.33 Å². The Balaban J connectivity index is 2.38. The number of hydrogen-bond donors (Lipinski definition) is 1. The molecule has 114 valence electrons. The molecule has 0 bridgehead atoms. The third-order valence-corrected chi connectivity index (χ3v) is 8.59. The molecule has 2 aromatic rings. The zero-order chi connectivity index (χ0) is 15.7. The molecule has 1 aromatic heterocycles. The average Bonchev–Trinajstić information content (AvgIpc) is 2.80. The molecule has 0 fully saturated rings. The first-order valence-corrected chi connectivity index (χ1v) is 10.5. The monoisotopic (exact) mass is 471 g/mol. The van der Waals surface area contributed by atoms with Gasteiger partial charge in [-0.1, -0.05) is 57.9 Å². The Hall–Kier alpha value is 0.0800. The lowest BCUT2D eigenvalue weighted by Gasteiger charge is -2.28. The minimum absolute atomic E-state index is 0.183. The second-order valence-electron chi connectivity index (χ2n) is 4.62. The Morgan fingerprint density at radius 2 is 1.95 bits per heavy atom. The second kappa shape index (κ2) is 6.68. The molecule has 2 rings (SSSR count). The highest BCUT2D eigenvalue weighted by atomic mass is 79.9. The predicted octanol–water partition coefficient (Wildman–Crippen LogP) is 4.75. The molecule has 8 heteroatoms. The molecule has 0 aliphatic heterocycles. The first-order valence-electron chi connectivity index (χ1n) is 5.89. The van der Waals surface area contributed by atoms with Gasteiger partial charge in [0.2, 0.25) is 0 Å². The van der Waals surface area contributed by atoms with E-state index in [4.69, 9.17) is 11.6 Å². The summed E-state index contributed by atoms with van der Waals surface area (Å²) in [5.41, 5.74) is 0.135. The van der Waals surface area contributed by atoms with Gasteiger partial charge in [-0.3, -0.25) is 0 Å². The highest BCUT2D eigenvalue weighted by Crippen LogP contribution is 2.35. The zero-order valence-electron chi connectivity index (χ0n) is 10.9. The van der Waals surface area contributed by atoms with Crippen LogP contribution in [0.25, 0.3) is 0 Å². The lowest BCUT2D eigenvalue weighted by molar-refractivity contribution is 0.483. The molecule has 0 saturated heterocycles. The molecule has 1 aromatic carbocycles. The number of nitrogens with one attached hydrogen (secondary N) is 1. The molecule has 0 radical (unpaired) electrons. The van der Waals surface area contributed by atoms with E-state index in [0.29, 0.717) is 14.1 Å². The summed E-state index contributed by atoms with van der Waals surface area (Å²) in [5.74, 6) is 0. The first kappa shape index (κ1) is 17.4. The Bertz CT molecular complexity index is 714. The summed E-state index contributed by atoms with van der Waals surface area (Å²) in [6.45, 7) is 1.83. The van der Waals surface area contributed by atoms with Crippen LogP contribution in [0, 0.1) is 0 Å². The van der Waals surface area contributed by atoms with Crippen LogP contribution in [-0.2, 0) is 15.6 Å². The standard InChI is InChI=1S/C13H12Br2ClNO2S2/c1-13(8-14,9-5-3-2-4-6-9)17-21(18,19)11-7-10(16)12(15)20-11/h2-7,17H,8H2,1H3. The van der Waals surface area contributed by atoms with Gasteiger partial charge >= 0.3 is 0 Å². The summed E-state index contributed by atoms with van der Waals surface area (Å²) < 4.78 is 28.6.